The van der Waals surface area contributed by atoms with E-state index in [1.165, 1.54) is 35.7 Å². The van der Waals surface area contributed by atoms with Crippen LogP contribution in [0.2, 0.25) is 13.1 Å². The van der Waals surface area contributed by atoms with E-state index < -0.39 is 16.1 Å². The predicted molar refractivity (Wildman–Crippen MR) is 216 cm³/mol. The highest BCUT2D eigenvalue weighted by molar-refractivity contribution is 8.00. The van der Waals surface area contributed by atoms with Crippen LogP contribution in [0.1, 0.15) is 0 Å². The monoisotopic (exact) mass is 707 g/mol. The van der Waals surface area contributed by atoms with E-state index in [9.17, 15) is 0 Å². The number of hydrogen-bond donors (Lipinski definition) is 0. The lowest BCUT2D eigenvalue weighted by molar-refractivity contribution is 0.975. The normalized spacial score (nSPS) is 13.8. The lowest BCUT2D eigenvalue weighted by Crippen LogP contribution is -2.77. The molecule has 4 heterocycles. The molecule has 0 N–H and O–H groups in total. The quantitative estimate of drug-likeness (QED) is 0.166. The van der Waals surface area contributed by atoms with Gasteiger partial charge in [-0.15, -0.1) is 0 Å². The Kier molecular flexibility index (Phi) is 6.83. The Balaban J connectivity index is 1.31. The van der Waals surface area contributed by atoms with Crippen LogP contribution in [0.15, 0.2) is 174 Å². The summed E-state index contributed by atoms with van der Waals surface area (Å²) in [7, 11) is -5.09. The summed E-state index contributed by atoms with van der Waals surface area (Å²) in [6.45, 7) is 5.00. The van der Waals surface area contributed by atoms with Crippen molar-refractivity contribution in [3.05, 3.63) is 164 Å². The first-order valence-electron chi connectivity index (χ1n) is 17.3. The van der Waals surface area contributed by atoms with Crippen molar-refractivity contribution >= 4 is 87.0 Å². The highest BCUT2D eigenvalue weighted by Gasteiger charge is 2.47. The van der Waals surface area contributed by atoms with Gasteiger partial charge in [-0.25, -0.2) is 19.5 Å². The molecule has 0 radical (unpaired) electrons. The van der Waals surface area contributed by atoms with Gasteiger partial charge < -0.3 is 0 Å². The van der Waals surface area contributed by atoms with Crippen LogP contribution in [0.3, 0.4) is 0 Å². The minimum atomic E-state index is -3.06. The third kappa shape index (κ3) is 4.37. The average Bonchev–Trinajstić information content (AvgIpc) is 3.71. The molecular formula is C43H33N5SSi2. The molecule has 8 heteroatoms. The van der Waals surface area contributed by atoms with Gasteiger partial charge in [0.1, 0.15) is 8.07 Å². The molecule has 51 heavy (non-hydrogen) atoms. The molecule has 0 spiro atoms. The standard InChI is InChI=1S/C43H33N5SSi2/c1-50(2)37-25-14-13-24-36(37)49-41-38(50)26-15-27-39(41)51(30-16-5-3-6-17-30,31-18-7-4-8-19-31)40-28-29-44-42(46-40)48-35-23-12-11-22-34(35)47-33-21-10-9-20-32(33)45-43(47)48/h3-29H,1-2H3. The fourth-order valence-corrected chi connectivity index (χ4v) is 19.1. The van der Waals surface area contributed by atoms with Crippen molar-refractivity contribution in [1.29, 1.82) is 0 Å². The zero-order chi connectivity index (χ0) is 34.2. The summed E-state index contributed by atoms with van der Waals surface area (Å²) in [5, 5.41) is 8.00. The molecule has 3 aromatic heterocycles. The second kappa shape index (κ2) is 11.5. The van der Waals surface area contributed by atoms with Crippen LogP contribution in [0.25, 0.3) is 33.8 Å². The van der Waals surface area contributed by atoms with E-state index >= 15 is 0 Å². The Morgan fingerprint density at radius 1 is 0.569 bits per heavy atom. The second-order valence-electron chi connectivity index (χ2n) is 13.7. The van der Waals surface area contributed by atoms with Gasteiger partial charge in [-0.05, 0) is 62.3 Å². The molecule has 6 aromatic carbocycles. The maximum absolute atomic E-state index is 5.68. The number of fused-ring (bicyclic) bond motifs is 7. The maximum Gasteiger partial charge on any atom is 0.236 e. The lowest BCUT2D eigenvalue weighted by Gasteiger charge is -2.39. The van der Waals surface area contributed by atoms with E-state index in [0.29, 0.717) is 5.95 Å². The first-order valence-corrected chi connectivity index (χ1v) is 23.1. The first-order chi connectivity index (χ1) is 25.1. The summed E-state index contributed by atoms with van der Waals surface area (Å²) in [4.78, 5) is 18.6. The minimum Gasteiger partial charge on any atom is -0.276 e. The molecule has 1 aliphatic rings. The number of benzene rings is 6. The summed E-state index contributed by atoms with van der Waals surface area (Å²) in [6.07, 6.45) is 1.95. The molecule has 0 aliphatic carbocycles. The van der Waals surface area contributed by atoms with Gasteiger partial charge in [-0.3, -0.25) is 4.40 Å². The van der Waals surface area contributed by atoms with E-state index in [0.717, 1.165) is 33.2 Å². The van der Waals surface area contributed by atoms with Gasteiger partial charge in [0, 0.05) is 21.3 Å². The van der Waals surface area contributed by atoms with E-state index in [1.807, 2.05) is 24.0 Å². The Hall–Kier alpha value is -5.55. The molecule has 0 unspecified atom stereocenters. The molecule has 0 fully saturated rings. The van der Waals surface area contributed by atoms with E-state index in [4.69, 9.17) is 15.0 Å². The smallest absolute Gasteiger partial charge is 0.236 e. The van der Waals surface area contributed by atoms with Crippen LogP contribution in [0.4, 0.5) is 0 Å². The molecule has 5 nitrogen and oxygen atoms in total. The van der Waals surface area contributed by atoms with Crippen LogP contribution in [-0.4, -0.2) is 40.1 Å². The number of rotatable bonds is 5. The Labute approximate surface area is 302 Å². The van der Waals surface area contributed by atoms with E-state index in [1.54, 1.807) is 0 Å². The third-order valence-corrected chi connectivity index (χ3v) is 20.6. The van der Waals surface area contributed by atoms with Gasteiger partial charge in [0.2, 0.25) is 19.8 Å². The fourth-order valence-electron chi connectivity index (χ4n) is 8.26. The van der Waals surface area contributed by atoms with Gasteiger partial charge in [0.15, 0.2) is 0 Å². The van der Waals surface area contributed by atoms with Crippen molar-refractivity contribution in [2.24, 2.45) is 0 Å². The molecule has 1 aliphatic heterocycles. The molecule has 10 rings (SSSR count). The SMILES string of the molecule is C[Si]1(C)c2ccccc2Sc2c1cccc2[Si](c1ccccc1)(c1ccccc1)c1ccnc(-n2c3ccccc3n3c4ccccc4nc23)n1. The number of aromatic nitrogens is 5. The molecule has 0 saturated heterocycles. The van der Waals surface area contributed by atoms with Crippen LogP contribution in [-0.2, 0) is 0 Å². The Morgan fingerprint density at radius 3 is 1.96 bits per heavy atom. The number of hydrogen-bond acceptors (Lipinski definition) is 4. The molecule has 0 atom stereocenters. The van der Waals surface area contributed by atoms with Gasteiger partial charge in [0.05, 0.1) is 22.1 Å². The summed E-state index contributed by atoms with van der Waals surface area (Å²) in [6, 6.07) is 57.3. The molecule has 244 valence electrons. The first kappa shape index (κ1) is 30.3. The number of imidazole rings is 2. The fraction of sp³-hybridized carbons (Fsp3) is 0.0465. The van der Waals surface area contributed by atoms with Crippen LogP contribution in [0, 0.1) is 0 Å². The summed E-state index contributed by atoms with van der Waals surface area (Å²) >= 11 is 1.94. The Morgan fingerprint density at radius 2 is 1.20 bits per heavy atom. The van der Waals surface area contributed by atoms with Gasteiger partial charge in [-0.1, -0.05) is 146 Å². The summed E-state index contributed by atoms with van der Waals surface area (Å²) < 4.78 is 4.36. The van der Waals surface area contributed by atoms with E-state index in [2.05, 4.69) is 174 Å². The second-order valence-corrected chi connectivity index (χ2v) is 22.8. The molecular weight excluding hydrogens is 675 g/mol. The van der Waals surface area contributed by atoms with Crippen LogP contribution >= 0.6 is 11.8 Å². The van der Waals surface area contributed by atoms with Crippen molar-refractivity contribution in [3.8, 4) is 5.95 Å². The van der Waals surface area contributed by atoms with Crippen LogP contribution in [0.5, 0.6) is 0 Å². The van der Waals surface area contributed by atoms with Gasteiger partial charge in [-0.2, -0.15) is 0 Å². The van der Waals surface area contributed by atoms with Crippen LogP contribution < -0.4 is 31.3 Å². The highest BCUT2D eigenvalue weighted by atomic mass is 32.2. The lowest BCUT2D eigenvalue weighted by atomic mass is 10.3. The number of para-hydroxylation sites is 4. The van der Waals surface area contributed by atoms with Crippen molar-refractivity contribution in [2.75, 3.05) is 0 Å². The average molecular weight is 708 g/mol. The minimum absolute atomic E-state index is 0.621. The number of nitrogens with zero attached hydrogens (tertiary/aromatic N) is 5. The van der Waals surface area contributed by atoms with Crippen molar-refractivity contribution in [2.45, 2.75) is 22.9 Å². The van der Waals surface area contributed by atoms with Crippen molar-refractivity contribution < 1.29 is 0 Å². The maximum atomic E-state index is 5.68. The highest BCUT2D eigenvalue weighted by Crippen LogP contribution is 2.33. The Bertz CT molecular complexity index is 2730. The zero-order valence-electron chi connectivity index (χ0n) is 28.2. The topological polar surface area (TPSA) is 48.0 Å². The largest absolute Gasteiger partial charge is 0.276 e. The van der Waals surface area contributed by atoms with Gasteiger partial charge >= 0.3 is 0 Å². The predicted octanol–water partition coefficient (Wildman–Crippen LogP) is 5.89. The summed E-state index contributed by atoms with van der Waals surface area (Å²) in [5.41, 5.74) is 4.10. The zero-order valence-corrected chi connectivity index (χ0v) is 31.0. The van der Waals surface area contributed by atoms with Gasteiger partial charge in [0.25, 0.3) is 0 Å². The molecule has 9 aromatic rings. The third-order valence-electron chi connectivity index (χ3n) is 10.6. The molecule has 0 bridgehead atoms. The van der Waals surface area contributed by atoms with Crippen molar-refractivity contribution in [3.63, 3.8) is 0 Å². The molecule has 0 amide bonds. The summed E-state index contributed by atoms with van der Waals surface area (Å²) in [5.74, 6) is 1.42. The van der Waals surface area contributed by atoms with Crippen molar-refractivity contribution in [1.82, 2.24) is 23.9 Å². The molecule has 0 saturated carbocycles. The van der Waals surface area contributed by atoms with E-state index in [-0.39, 0.29) is 0 Å².